The summed E-state index contributed by atoms with van der Waals surface area (Å²) in [6.45, 7) is 0. The fourth-order valence-corrected chi connectivity index (χ4v) is 5.01. The van der Waals surface area contributed by atoms with Crippen LogP contribution in [0.4, 0.5) is 0 Å². The van der Waals surface area contributed by atoms with Crippen molar-refractivity contribution in [3.63, 3.8) is 0 Å². The number of carboxylic acid groups (broad SMARTS) is 1. The summed E-state index contributed by atoms with van der Waals surface area (Å²) in [6.07, 6.45) is -0.306. The van der Waals surface area contributed by atoms with Gasteiger partial charge in [-0.15, -0.1) is 0 Å². The summed E-state index contributed by atoms with van der Waals surface area (Å²) in [5, 5.41) is 16.7. The number of carbonyl (C=O) groups excluding carboxylic acids is 1. The molecule has 37 heavy (non-hydrogen) atoms. The van der Waals surface area contributed by atoms with Gasteiger partial charge >= 0.3 is 5.97 Å². The van der Waals surface area contributed by atoms with Gasteiger partial charge in [0.05, 0.1) is 23.7 Å². The van der Waals surface area contributed by atoms with E-state index >= 15 is 0 Å². The van der Waals surface area contributed by atoms with Crippen molar-refractivity contribution in [1.82, 2.24) is 9.99 Å². The van der Waals surface area contributed by atoms with Gasteiger partial charge in [-0.25, -0.2) is 5.01 Å². The molecule has 0 bridgehead atoms. The van der Waals surface area contributed by atoms with Crippen LogP contribution in [0, 0.1) is 0 Å². The maximum atomic E-state index is 13.5. The van der Waals surface area contributed by atoms with Gasteiger partial charge in [-0.2, -0.15) is 5.10 Å². The molecule has 1 aliphatic heterocycles. The predicted molar refractivity (Wildman–Crippen MR) is 144 cm³/mol. The second-order valence-electron chi connectivity index (χ2n) is 8.71. The highest BCUT2D eigenvalue weighted by molar-refractivity contribution is 6.31. The minimum absolute atomic E-state index is 0.224. The number of nitrogens with zero attached hydrogens (tertiary/aromatic N) is 2. The number of hydrazone groups is 1. The zero-order valence-corrected chi connectivity index (χ0v) is 21.0. The summed E-state index contributed by atoms with van der Waals surface area (Å²) in [5.41, 5.74) is 3.21. The Labute approximate surface area is 222 Å². The van der Waals surface area contributed by atoms with Crippen LogP contribution >= 0.6 is 23.2 Å². The van der Waals surface area contributed by atoms with Gasteiger partial charge in [0.25, 0.3) is 5.56 Å². The van der Waals surface area contributed by atoms with E-state index in [0.717, 1.165) is 16.5 Å². The summed E-state index contributed by atoms with van der Waals surface area (Å²) >= 11 is 12.6. The molecule has 1 amide bonds. The minimum Gasteiger partial charge on any atom is -0.481 e. The van der Waals surface area contributed by atoms with Crippen LogP contribution in [-0.4, -0.2) is 32.7 Å². The summed E-state index contributed by atoms with van der Waals surface area (Å²) < 4.78 is 0. The smallest absolute Gasteiger partial charge is 0.303 e. The number of nitrogens with one attached hydrogen (secondary N) is 1. The van der Waals surface area contributed by atoms with Gasteiger partial charge in [-0.1, -0.05) is 65.7 Å². The second-order valence-corrected chi connectivity index (χ2v) is 9.59. The first-order valence-electron chi connectivity index (χ1n) is 11.6. The lowest BCUT2D eigenvalue weighted by Crippen LogP contribution is -2.27. The molecular weight excluding hydrogens is 513 g/mol. The van der Waals surface area contributed by atoms with Crippen molar-refractivity contribution in [2.24, 2.45) is 5.10 Å². The highest BCUT2D eigenvalue weighted by atomic mass is 35.5. The van der Waals surface area contributed by atoms with Gasteiger partial charge in [0.1, 0.15) is 0 Å². The van der Waals surface area contributed by atoms with Gasteiger partial charge < -0.3 is 10.1 Å². The number of benzene rings is 3. The number of amides is 1. The van der Waals surface area contributed by atoms with Gasteiger partial charge in [0.2, 0.25) is 5.91 Å². The Kier molecular flexibility index (Phi) is 6.82. The van der Waals surface area contributed by atoms with Crippen LogP contribution in [0.5, 0.6) is 0 Å². The molecule has 0 spiro atoms. The molecule has 4 aromatic rings. The molecule has 0 radical (unpaired) electrons. The second kappa shape index (κ2) is 10.2. The number of H-pyrrole nitrogens is 1. The molecule has 0 aliphatic carbocycles. The van der Waals surface area contributed by atoms with Crippen molar-refractivity contribution in [2.45, 2.75) is 25.3 Å². The first-order valence-corrected chi connectivity index (χ1v) is 12.4. The number of aliphatic carboxylic acids is 1. The lowest BCUT2D eigenvalue weighted by atomic mass is 9.91. The van der Waals surface area contributed by atoms with E-state index in [-0.39, 0.29) is 24.8 Å². The van der Waals surface area contributed by atoms with Crippen molar-refractivity contribution >= 4 is 51.7 Å². The van der Waals surface area contributed by atoms with E-state index < -0.39 is 17.9 Å². The zero-order valence-electron chi connectivity index (χ0n) is 19.4. The quantitative estimate of drug-likeness (QED) is 0.315. The molecule has 1 unspecified atom stereocenters. The van der Waals surface area contributed by atoms with E-state index in [4.69, 9.17) is 28.3 Å². The van der Waals surface area contributed by atoms with Crippen molar-refractivity contribution in [2.75, 3.05) is 0 Å². The average Bonchev–Trinajstić information content (AvgIpc) is 3.32. The maximum absolute atomic E-state index is 13.5. The maximum Gasteiger partial charge on any atom is 0.303 e. The molecule has 0 fully saturated rings. The van der Waals surface area contributed by atoms with Crippen LogP contribution < -0.4 is 5.56 Å². The first-order chi connectivity index (χ1) is 17.8. The number of carboxylic acids is 1. The molecule has 2 N–H and O–H groups in total. The van der Waals surface area contributed by atoms with Gasteiger partial charge in [-0.3, -0.25) is 14.4 Å². The van der Waals surface area contributed by atoms with Crippen molar-refractivity contribution in [3.05, 3.63) is 104 Å². The number of hydrogen-bond donors (Lipinski definition) is 2. The van der Waals surface area contributed by atoms with Crippen LogP contribution in [0.1, 0.15) is 36.4 Å². The number of halogens is 2. The zero-order chi connectivity index (χ0) is 26.1. The van der Waals surface area contributed by atoms with E-state index in [9.17, 15) is 14.4 Å². The number of hydrogen-bond acceptors (Lipinski definition) is 4. The lowest BCUT2D eigenvalue weighted by molar-refractivity contribution is -0.141. The molecular formula is C28H21Cl2N3O4. The van der Waals surface area contributed by atoms with Gasteiger partial charge in [0, 0.05) is 39.4 Å². The number of rotatable bonds is 6. The summed E-state index contributed by atoms with van der Waals surface area (Å²) in [5.74, 6) is -1.53. The molecule has 7 nitrogen and oxygen atoms in total. The van der Waals surface area contributed by atoms with Gasteiger partial charge in [-0.05, 0) is 41.5 Å². The molecule has 1 aliphatic rings. The Hall–Kier alpha value is -3.94. The Bertz CT molecular complexity index is 1620. The number of aromatic nitrogens is 1. The average molecular weight is 534 g/mol. The summed E-state index contributed by atoms with van der Waals surface area (Å²) in [6, 6.07) is 21.2. The third-order valence-electron chi connectivity index (χ3n) is 6.28. The summed E-state index contributed by atoms with van der Waals surface area (Å²) in [4.78, 5) is 40.7. The number of aromatic amines is 1. The third-order valence-corrected chi connectivity index (χ3v) is 6.75. The Morgan fingerprint density at radius 3 is 2.43 bits per heavy atom. The molecule has 0 saturated carbocycles. The Balaban J connectivity index is 1.70. The van der Waals surface area contributed by atoms with E-state index in [0.29, 0.717) is 32.4 Å². The highest BCUT2D eigenvalue weighted by Crippen LogP contribution is 2.38. The van der Waals surface area contributed by atoms with E-state index in [1.54, 1.807) is 36.4 Å². The number of fused-ring (bicyclic) bond motifs is 1. The Morgan fingerprint density at radius 1 is 0.946 bits per heavy atom. The molecule has 1 aromatic heterocycles. The first kappa shape index (κ1) is 24.7. The minimum atomic E-state index is -1.08. The molecule has 5 rings (SSSR count). The number of pyridine rings is 1. The predicted octanol–water partition coefficient (Wildman–Crippen LogP) is 6.04. The molecule has 186 valence electrons. The van der Waals surface area contributed by atoms with Gasteiger partial charge in [0.15, 0.2) is 0 Å². The van der Waals surface area contributed by atoms with Crippen LogP contribution in [0.25, 0.3) is 22.0 Å². The summed E-state index contributed by atoms with van der Waals surface area (Å²) in [7, 11) is 0. The largest absolute Gasteiger partial charge is 0.481 e. The Morgan fingerprint density at radius 2 is 1.70 bits per heavy atom. The van der Waals surface area contributed by atoms with Crippen LogP contribution in [0.3, 0.4) is 0 Å². The van der Waals surface area contributed by atoms with Crippen molar-refractivity contribution in [3.8, 4) is 11.1 Å². The van der Waals surface area contributed by atoms with E-state index in [1.807, 2.05) is 36.4 Å². The normalized spacial score (nSPS) is 15.1. The van der Waals surface area contributed by atoms with Crippen LogP contribution in [0.15, 0.2) is 82.7 Å². The molecule has 2 heterocycles. The molecule has 0 saturated heterocycles. The van der Waals surface area contributed by atoms with Crippen molar-refractivity contribution in [1.29, 1.82) is 0 Å². The monoisotopic (exact) mass is 533 g/mol. The highest BCUT2D eigenvalue weighted by Gasteiger charge is 2.35. The fraction of sp³-hybridized carbons (Fsp3) is 0.143. The van der Waals surface area contributed by atoms with Crippen molar-refractivity contribution < 1.29 is 14.7 Å². The van der Waals surface area contributed by atoms with E-state index in [1.165, 1.54) is 5.01 Å². The number of carbonyl (C=O) groups is 2. The molecule has 3 aromatic carbocycles. The standard InChI is InChI=1S/C28H21Cl2N3O4/c29-18-8-4-7-17(13-18)23-15-22(32-33(23)24(34)11-12-25(35)36)27-26(16-5-2-1-3-6-16)20-14-19(30)9-10-21(20)31-28(27)37/h1-10,13-14,23H,11-12,15H2,(H,31,37)(H,35,36). The van der Waals surface area contributed by atoms with Crippen LogP contribution in [0.2, 0.25) is 10.0 Å². The third kappa shape index (κ3) is 5.01. The lowest BCUT2D eigenvalue weighted by Gasteiger charge is -2.22. The van der Waals surface area contributed by atoms with Crippen LogP contribution in [-0.2, 0) is 9.59 Å². The fourth-order valence-electron chi connectivity index (χ4n) is 4.64. The molecule has 9 heteroatoms. The van der Waals surface area contributed by atoms with E-state index in [2.05, 4.69) is 10.1 Å². The SMILES string of the molecule is O=C(O)CCC(=O)N1N=C(c2c(-c3ccccc3)c3cc(Cl)ccc3[nH]c2=O)CC1c1cccc(Cl)c1. The molecule has 1 atom stereocenters. The topological polar surface area (TPSA) is 103 Å².